The Bertz CT molecular complexity index is 756. The second kappa shape index (κ2) is 5.72. The summed E-state index contributed by atoms with van der Waals surface area (Å²) >= 11 is 0. The number of rotatable bonds is 5. The molecule has 2 N–H and O–H groups in total. The maximum Gasteiger partial charge on any atom is 0.0456 e. The van der Waals surface area contributed by atoms with Crippen molar-refractivity contribution < 1.29 is 0 Å². The summed E-state index contributed by atoms with van der Waals surface area (Å²) in [5.74, 6) is 0. The van der Waals surface area contributed by atoms with Crippen molar-refractivity contribution in [1.29, 1.82) is 0 Å². The van der Waals surface area contributed by atoms with Gasteiger partial charge in [-0.25, -0.2) is 0 Å². The van der Waals surface area contributed by atoms with Crippen molar-refractivity contribution in [3.05, 3.63) is 72.1 Å². The molecule has 0 radical (unpaired) electrons. The van der Waals surface area contributed by atoms with Crippen LogP contribution >= 0.6 is 0 Å². The van der Waals surface area contributed by atoms with Gasteiger partial charge in [-0.2, -0.15) is 0 Å². The van der Waals surface area contributed by atoms with Crippen LogP contribution in [0.25, 0.3) is 21.8 Å². The zero-order valence-electron chi connectivity index (χ0n) is 12.6. The Morgan fingerprint density at radius 1 is 0.591 bits per heavy atom. The van der Waals surface area contributed by atoms with E-state index >= 15 is 0 Å². The fraction of sp³-hybridized carbons (Fsp3) is 0.200. The van der Waals surface area contributed by atoms with Crippen LogP contribution in [0, 0.1) is 0 Å². The van der Waals surface area contributed by atoms with Crippen molar-refractivity contribution in [1.82, 2.24) is 9.97 Å². The molecule has 110 valence electrons. The molecule has 0 spiro atoms. The summed E-state index contributed by atoms with van der Waals surface area (Å²) in [6, 6.07) is 21.5. The first-order valence-corrected chi connectivity index (χ1v) is 8.02. The molecule has 0 saturated heterocycles. The maximum atomic E-state index is 3.51. The van der Waals surface area contributed by atoms with Crippen LogP contribution in [0.2, 0.25) is 0 Å². The van der Waals surface area contributed by atoms with Crippen LogP contribution in [0.15, 0.2) is 60.7 Å². The van der Waals surface area contributed by atoms with Gasteiger partial charge in [-0.15, -0.1) is 0 Å². The van der Waals surface area contributed by atoms with Crippen molar-refractivity contribution in [2.45, 2.75) is 25.7 Å². The van der Waals surface area contributed by atoms with Gasteiger partial charge in [-0.3, -0.25) is 0 Å². The Balaban J connectivity index is 1.35. The zero-order chi connectivity index (χ0) is 14.8. The molecule has 0 saturated carbocycles. The van der Waals surface area contributed by atoms with E-state index in [0.29, 0.717) is 0 Å². The Labute approximate surface area is 130 Å². The van der Waals surface area contributed by atoms with E-state index in [9.17, 15) is 0 Å². The molecular weight excluding hydrogens is 268 g/mol. The predicted molar refractivity (Wildman–Crippen MR) is 93.2 cm³/mol. The standard InChI is InChI=1S/C20H20N2/c1-5-11-19-15(7-1)13-17(21-19)9-3-4-10-18-14-16-8-2-6-12-20(16)22-18/h1-2,5-8,11-14,21-22H,3-4,9-10H2. The molecule has 22 heavy (non-hydrogen) atoms. The minimum atomic E-state index is 1.12. The van der Waals surface area contributed by atoms with E-state index in [0.717, 1.165) is 12.8 Å². The van der Waals surface area contributed by atoms with E-state index < -0.39 is 0 Å². The number of unbranched alkanes of at least 4 members (excludes halogenated alkanes) is 1. The van der Waals surface area contributed by atoms with Crippen molar-refractivity contribution in [2.24, 2.45) is 0 Å². The summed E-state index contributed by atoms with van der Waals surface area (Å²) in [7, 11) is 0. The summed E-state index contributed by atoms with van der Waals surface area (Å²) in [5.41, 5.74) is 5.18. The molecule has 4 rings (SSSR count). The van der Waals surface area contributed by atoms with E-state index in [4.69, 9.17) is 0 Å². The van der Waals surface area contributed by atoms with Gasteiger partial charge in [0, 0.05) is 22.4 Å². The summed E-state index contributed by atoms with van der Waals surface area (Å²) in [6.45, 7) is 0. The first-order valence-electron chi connectivity index (χ1n) is 8.02. The summed E-state index contributed by atoms with van der Waals surface area (Å²) < 4.78 is 0. The van der Waals surface area contributed by atoms with Gasteiger partial charge in [0.15, 0.2) is 0 Å². The highest BCUT2D eigenvalue weighted by atomic mass is 14.7. The van der Waals surface area contributed by atoms with E-state index in [1.807, 2.05) is 0 Å². The highest BCUT2D eigenvalue weighted by Gasteiger charge is 2.02. The number of para-hydroxylation sites is 2. The lowest BCUT2D eigenvalue weighted by Crippen LogP contribution is -1.89. The van der Waals surface area contributed by atoms with Gasteiger partial charge >= 0.3 is 0 Å². The molecule has 2 aromatic heterocycles. The van der Waals surface area contributed by atoms with Crippen LogP contribution in [-0.2, 0) is 12.8 Å². The van der Waals surface area contributed by atoms with Crippen LogP contribution in [0.4, 0.5) is 0 Å². The third kappa shape index (κ3) is 2.64. The number of hydrogen-bond donors (Lipinski definition) is 2. The van der Waals surface area contributed by atoms with Crippen LogP contribution in [0.3, 0.4) is 0 Å². The Morgan fingerprint density at radius 2 is 1.05 bits per heavy atom. The summed E-state index contributed by atoms with van der Waals surface area (Å²) in [6.07, 6.45) is 4.66. The first-order chi connectivity index (χ1) is 10.9. The summed E-state index contributed by atoms with van der Waals surface area (Å²) in [5, 5.41) is 2.63. The Hall–Kier alpha value is -2.48. The summed E-state index contributed by atoms with van der Waals surface area (Å²) in [4.78, 5) is 7.02. The van der Waals surface area contributed by atoms with Gasteiger partial charge in [0.05, 0.1) is 0 Å². The van der Waals surface area contributed by atoms with Crippen molar-refractivity contribution in [3.63, 3.8) is 0 Å². The number of H-pyrrole nitrogens is 2. The lowest BCUT2D eigenvalue weighted by molar-refractivity contribution is 0.719. The number of benzene rings is 2. The normalized spacial score (nSPS) is 11.5. The van der Waals surface area contributed by atoms with Crippen molar-refractivity contribution >= 4 is 21.8 Å². The van der Waals surface area contributed by atoms with Crippen molar-refractivity contribution in [2.75, 3.05) is 0 Å². The highest BCUT2D eigenvalue weighted by molar-refractivity contribution is 5.80. The van der Waals surface area contributed by atoms with Gasteiger partial charge in [-0.1, -0.05) is 36.4 Å². The number of hydrogen-bond acceptors (Lipinski definition) is 0. The molecule has 2 heterocycles. The zero-order valence-corrected chi connectivity index (χ0v) is 12.6. The average molecular weight is 288 g/mol. The third-order valence-electron chi connectivity index (χ3n) is 4.31. The molecule has 0 unspecified atom stereocenters. The molecule has 2 nitrogen and oxygen atoms in total. The molecule has 0 aliphatic heterocycles. The third-order valence-corrected chi connectivity index (χ3v) is 4.31. The molecule has 2 aromatic carbocycles. The molecule has 4 aromatic rings. The molecular formula is C20H20N2. The molecule has 0 aliphatic carbocycles. The van der Waals surface area contributed by atoms with Gasteiger partial charge in [-0.05, 0) is 60.7 Å². The molecule has 0 bridgehead atoms. The fourth-order valence-electron chi connectivity index (χ4n) is 3.17. The minimum Gasteiger partial charge on any atom is -0.358 e. The SMILES string of the molecule is c1ccc2[nH]c(CCCCc3cc4ccccc4[nH]3)cc2c1. The Morgan fingerprint density at radius 3 is 1.50 bits per heavy atom. The van der Waals surface area contributed by atoms with Gasteiger partial charge in [0.25, 0.3) is 0 Å². The maximum absolute atomic E-state index is 3.51. The second-order valence-corrected chi connectivity index (χ2v) is 5.97. The van der Waals surface area contributed by atoms with Gasteiger partial charge < -0.3 is 9.97 Å². The first kappa shape index (κ1) is 13.2. The largest absolute Gasteiger partial charge is 0.358 e. The number of nitrogens with one attached hydrogen (secondary N) is 2. The molecule has 0 fully saturated rings. The van der Waals surface area contributed by atoms with E-state index in [-0.39, 0.29) is 0 Å². The van der Waals surface area contributed by atoms with Gasteiger partial charge in [0.2, 0.25) is 0 Å². The van der Waals surface area contributed by atoms with Crippen molar-refractivity contribution in [3.8, 4) is 0 Å². The topological polar surface area (TPSA) is 31.6 Å². The van der Waals surface area contributed by atoms with E-state index in [1.165, 1.54) is 46.0 Å². The number of aromatic nitrogens is 2. The van der Waals surface area contributed by atoms with Crippen LogP contribution in [0.5, 0.6) is 0 Å². The number of aryl methyl sites for hydroxylation is 2. The second-order valence-electron chi connectivity index (χ2n) is 5.97. The smallest absolute Gasteiger partial charge is 0.0456 e. The predicted octanol–water partition coefficient (Wildman–Crippen LogP) is 5.21. The Kier molecular flexibility index (Phi) is 3.43. The molecule has 2 heteroatoms. The lowest BCUT2D eigenvalue weighted by Gasteiger charge is -1.98. The molecule has 0 aliphatic rings. The van der Waals surface area contributed by atoms with Crippen LogP contribution < -0.4 is 0 Å². The monoisotopic (exact) mass is 288 g/mol. The fourth-order valence-corrected chi connectivity index (χ4v) is 3.17. The molecule has 0 atom stereocenters. The number of fused-ring (bicyclic) bond motifs is 2. The van der Waals surface area contributed by atoms with Crippen LogP contribution in [-0.4, -0.2) is 9.97 Å². The van der Waals surface area contributed by atoms with E-state index in [2.05, 4.69) is 70.6 Å². The highest BCUT2D eigenvalue weighted by Crippen LogP contribution is 2.18. The minimum absolute atomic E-state index is 1.12. The van der Waals surface area contributed by atoms with Crippen LogP contribution in [0.1, 0.15) is 24.2 Å². The molecule has 0 amide bonds. The van der Waals surface area contributed by atoms with E-state index in [1.54, 1.807) is 0 Å². The average Bonchev–Trinajstić information content (AvgIpc) is 3.14. The number of aromatic amines is 2. The quantitative estimate of drug-likeness (QED) is 0.472. The lowest BCUT2D eigenvalue weighted by atomic mass is 10.1. The van der Waals surface area contributed by atoms with Gasteiger partial charge in [0.1, 0.15) is 0 Å².